The first-order chi connectivity index (χ1) is 19.2. The molecule has 4 aromatic rings. The zero-order valence-electron chi connectivity index (χ0n) is 23.2. The Balaban J connectivity index is 1.70. The Kier molecular flexibility index (Phi) is 9.38. The van der Waals surface area contributed by atoms with Crippen molar-refractivity contribution in [3.8, 4) is 16.9 Å². The number of aromatic nitrogens is 2. The number of benzene rings is 2. The first-order valence-electron chi connectivity index (χ1n) is 13.4. The molecule has 0 fully saturated rings. The zero-order chi connectivity index (χ0) is 28.8. The summed E-state index contributed by atoms with van der Waals surface area (Å²) in [5, 5.41) is 0.316. The summed E-state index contributed by atoms with van der Waals surface area (Å²) in [7, 11) is 1.36. The van der Waals surface area contributed by atoms with Crippen LogP contribution in [0.2, 0.25) is 5.15 Å². The molecule has 0 atom stereocenters. The predicted octanol–water partition coefficient (Wildman–Crippen LogP) is 5.78. The Morgan fingerprint density at radius 1 is 1.02 bits per heavy atom. The Morgan fingerprint density at radius 2 is 1.73 bits per heavy atom. The van der Waals surface area contributed by atoms with E-state index in [4.69, 9.17) is 21.1 Å². The number of ether oxygens (including phenoxy) is 2. The molecule has 0 amide bonds. The van der Waals surface area contributed by atoms with Gasteiger partial charge in [-0.15, -0.1) is 0 Å². The molecule has 8 heteroatoms. The van der Waals surface area contributed by atoms with Crippen LogP contribution in [0, 0.1) is 0 Å². The quantitative estimate of drug-likeness (QED) is 0.124. The smallest absolute Gasteiger partial charge is 0.334 e. The van der Waals surface area contributed by atoms with Crippen LogP contribution in [0.1, 0.15) is 56.3 Å². The lowest BCUT2D eigenvalue weighted by Crippen LogP contribution is -2.35. The summed E-state index contributed by atoms with van der Waals surface area (Å²) < 4.78 is 12.7. The molecule has 0 aliphatic rings. The number of rotatable bonds is 12. The van der Waals surface area contributed by atoms with Gasteiger partial charge in [0.2, 0.25) is 5.43 Å². The molecule has 0 unspecified atom stereocenters. The molecule has 1 heterocycles. The predicted molar refractivity (Wildman–Crippen MR) is 158 cm³/mol. The number of carbonyl (C=O) groups is 1. The molecule has 1 aromatic heterocycles. The van der Waals surface area contributed by atoms with Crippen molar-refractivity contribution in [2.45, 2.75) is 59.1 Å². The van der Waals surface area contributed by atoms with Crippen molar-refractivity contribution in [2.75, 3.05) is 7.11 Å². The molecular weight excluding hydrogens is 528 g/mol. The molecule has 0 saturated carbocycles. The zero-order valence-corrected chi connectivity index (χ0v) is 24.0. The van der Waals surface area contributed by atoms with Crippen LogP contribution < -0.4 is 15.6 Å². The van der Waals surface area contributed by atoms with Crippen LogP contribution in [-0.4, -0.2) is 28.7 Å². The lowest BCUT2D eigenvalue weighted by Gasteiger charge is -2.16. The van der Waals surface area contributed by atoms with Gasteiger partial charge in [-0.05, 0) is 43.0 Å². The van der Waals surface area contributed by atoms with Crippen molar-refractivity contribution in [1.29, 1.82) is 0 Å². The fraction of sp³-hybridized carbons (Fsp3) is 0.312. The van der Waals surface area contributed by atoms with Crippen molar-refractivity contribution >= 4 is 23.6 Å². The summed E-state index contributed by atoms with van der Waals surface area (Å²) in [5.41, 5.74) is 2.83. The molecule has 3 aromatic carbocycles. The van der Waals surface area contributed by atoms with E-state index in [1.54, 1.807) is 6.08 Å². The molecular formula is C32H33ClN2O5. The maximum atomic E-state index is 12.7. The van der Waals surface area contributed by atoms with Gasteiger partial charge >= 0.3 is 5.97 Å². The van der Waals surface area contributed by atoms with Gasteiger partial charge in [0, 0.05) is 25.0 Å². The van der Waals surface area contributed by atoms with Gasteiger partial charge in [0.15, 0.2) is 10.9 Å². The summed E-state index contributed by atoms with van der Waals surface area (Å²) in [6.45, 7) is 6.19. The highest BCUT2D eigenvalue weighted by Crippen LogP contribution is 2.28. The van der Waals surface area contributed by atoms with Crippen LogP contribution in [0.4, 0.5) is 0 Å². The van der Waals surface area contributed by atoms with E-state index in [2.05, 4.69) is 11.9 Å². The fourth-order valence-corrected chi connectivity index (χ4v) is 4.81. The van der Waals surface area contributed by atoms with Crippen molar-refractivity contribution in [3.05, 3.63) is 108 Å². The van der Waals surface area contributed by atoms with Crippen LogP contribution >= 0.6 is 11.6 Å². The second-order valence-electron chi connectivity index (χ2n) is 9.94. The number of hydrogen-bond acceptors (Lipinski definition) is 6. The maximum absolute atomic E-state index is 12.7. The molecule has 7 nitrogen and oxygen atoms in total. The number of hydrogen-bond donors (Lipinski definition) is 0. The van der Waals surface area contributed by atoms with Gasteiger partial charge in [-0.1, -0.05) is 79.5 Å². The lowest BCUT2D eigenvalue weighted by atomic mass is 9.98. The van der Waals surface area contributed by atoms with E-state index in [-0.39, 0.29) is 11.9 Å². The van der Waals surface area contributed by atoms with Gasteiger partial charge in [-0.2, -0.15) is 0 Å². The highest BCUT2D eigenvalue weighted by Gasteiger charge is 2.25. The van der Waals surface area contributed by atoms with Crippen molar-refractivity contribution in [2.24, 2.45) is 0 Å². The molecule has 0 spiro atoms. The second-order valence-corrected chi connectivity index (χ2v) is 10.3. The van der Waals surface area contributed by atoms with E-state index >= 15 is 0 Å². The largest absolute Gasteiger partial charge is 0.486 e. The van der Waals surface area contributed by atoms with Crippen LogP contribution in [0.25, 0.3) is 17.2 Å². The lowest BCUT2D eigenvalue weighted by molar-refractivity contribution is -0.136. The normalized spacial score (nSPS) is 11.8. The summed E-state index contributed by atoms with van der Waals surface area (Å²) in [6.07, 6.45) is 4.60. The monoisotopic (exact) mass is 560 g/mol. The average Bonchev–Trinajstić information content (AvgIpc) is 3.24. The standard InChI is InChI=1S/C32H33ClN2O5/c1-5-6-12-26-34-31(33)25(18-24(32(38)39-4)17-21-10-8-7-9-11-21)35(26)19-22-13-15-23(16-14-22)27-28(36)29(37)30(27)40-20(2)3/h7-11,13-16,18,20H,5-6,12,17,19H2,1-4H3. The van der Waals surface area contributed by atoms with Gasteiger partial charge in [0.05, 0.1) is 24.5 Å². The van der Waals surface area contributed by atoms with E-state index < -0.39 is 16.8 Å². The minimum atomic E-state index is -0.588. The minimum absolute atomic E-state index is 0.122. The Hall–Kier alpha value is -3.97. The second kappa shape index (κ2) is 12.9. The van der Waals surface area contributed by atoms with E-state index in [9.17, 15) is 14.4 Å². The SMILES string of the molecule is CCCCc1nc(Cl)c(C=C(Cc2ccccc2)C(=O)OC)n1Cc1ccc(-c2c(OC(C)C)c(=O)c2=O)cc1. The molecule has 0 aliphatic heterocycles. The van der Waals surface area contributed by atoms with E-state index in [0.717, 1.165) is 36.2 Å². The Morgan fingerprint density at radius 3 is 2.35 bits per heavy atom. The maximum Gasteiger partial charge on any atom is 0.334 e. The van der Waals surface area contributed by atoms with Crippen molar-refractivity contribution in [3.63, 3.8) is 0 Å². The van der Waals surface area contributed by atoms with Gasteiger partial charge in [-0.25, -0.2) is 9.78 Å². The molecule has 0 bridgehead atoms. The number of esters is 1. The first-order valence-corrected chi connectivity index (χ1v) is 13.8. The highest BCUT2D eigenvalue weighted by atomic mass is 35.5. The molecule has 40 heavy (non-hydrogen) atoms. The topological polar surface area (TPSA) is 87.5 Å². The molecule has 0 aliphatic carbocycles. The number of unbranched alkanes of at least 4 members (excludes halogenated alkanes) is 1. The summed E-state index contributed by atoms with van der Waals surface area (Å²) >= 11 is 6.65. The molecule has 208 valence electrons. The van der Waals surface area contributed by atoms with Gasteiger partial charge in [-0.3, -0.25) is 9.59 Å². The van der Waals surface area contributed by atoms with Gasteiger partial charge in [0.25, 0.3) is 5.43 Å². The Labute approximate surface area is 238 Å². The van der Waals surface area contributed by atoms with Crippen LogP contribution in [-0.2, 0) is 28.9 Å². The summed E-state index contributed by atoms with van der Waals surface area (Å²) in [4.78, 5) is 41.7. The third-order valence-corrected chi connectivity index (χ3v) is 6.87. The third kappa shape index (κ3) is 6.42. The number of nitrogens with zero attached hydrogens (tertiary/aromatic N) is 2. The number of aryl methyl sites for hydroxylation is 1. The number of halogens is 1. The summed E-state index contributed by atoms with van der Waals surface area (Å²) in [5.74, 6) is 0.512. The number of methoxy groups -OCH3 is 1. The molecule has 0 N–H and O–H groups in total. The summed E-state index contributed by atoms with van der Waals surface area (Å²) in [6, 6.07) is 17.1. The van der Waals surface area contributed by atoms with Gasteiger partial charge < -0.3 is 14.0 Å². The van der Waals surface area contributed by atoms with Crippen LogP contribution in [0.5, 0.6) is 5.75 Å². The van der Waals surface area contributed by atoms with Crippen molar-refractivity contribution in [1.82, 2.24) is 9.55 Å². The van der Waals surface area contributed by atoms with E-state index in [0.29, 0.717) is 40.5 Å². The molecule has 0 radical (unpaired) electrons. The average molecular weight is 561 g/mol. The molecule has 0 saturated heterocycles. The highest BCUT2D eigenvalue weighted by molar-refractivity contribution is 6.30. The van der Waals surface area contributed by atoms with Crippen molar-refractivity contribution < 1.29 is 14.3 Å². The minimum Gasteiger partial charge on any atom is -0.486 e. The Bertz CT molecular complexity index is 1580. The number of imidazole rings is 1. The first kappa shape index (κ1) is 29.0. The van der Waals surface area contributed by atoms with E-state index in [1.165, 1.54) is 7.11 Å². The molecule has 4 rings (SSSR count). The van der Waals surface area contributed by atoms with Crippen LogP contribution in [0.3, 0.4) is 0 Å². The van der Waals surface area contributed by atoms with E-state index in [1.807, 2.05) is 73.0 Å². The number of carbonyl (C=O) groups excluding carboxylic acids is 1. The fourth-order valence-electron chi connectivity index (χ4n) is 4.56. The van der Waals surface area contributed by atoms with Gasteiger partial charge in [0.1, 0.15) is 5.82 Å². The van der Waals surface area contributed by atoms with Crippen LogP contribution in [0.15, 0.2) is 69.8 Å². The third-order valence-electron chi connectivity index (χ3n) is 6.59.